The maximum atomic E-state index is 12.1. The summed E-state index contributed by atoms with van der Waals surface area (Å²) in [4.78, 5) is 24.5. The Bertz CT molecular complexity index is 881. The zero-order valence-corrected chi connectivity index (χ0v) is 15.9. The van der Waals surface area contributed by atoms with E-state index in [2.05, 4.69) is 25.6 Å². The Morgan fingerprint density at radius 3 is 2.89 bits per heavy atom. The van der Waals surface area contributed by atoms with Crippen LogP contribution >= 0.6 is 0 Å². The van der Waals surface area contributed by atoms with Crippen LogP contribution in [-0.2, 0) is 0 Å². The number of anilines is 3. The summed E-state index contributed by atoms with van der Waals surface area (Å²) in [5.74, 6) is 0.477. The van der Waals surface area contributed by atoms with Gasteiger partial charge in [-0.25, -0.2) is 14.8 Å². The summed E-state index contributed by atoms with van der Waals surface area (Å²) in [6.45, 7) is 1.90. The third-order valence-electron chi connectivity index (χ3n) is 4.76. The van der Waals surface area contributed by atoms with Gasteiger partial charge < -0.3 is 16.5 Å². The summed E-state index contributed by atoms with van der Waals surface area (Å²) in [5.41, 5.74) is 9.06. The van der Waals surface area contributed by atoms with Crippen LogP contribution in [0.3, 0.4) is 0 Å². The molecule has 2 aromatic heterocycles. The maximum absolute atomic E-state index is 12.1. The van der Waals surface area contributed by atoms with Gasteiger partial charge in [0, 0.05) is 47.5 Å². The van der Waals surface area contributed by atoms with Crippen LogP contribution in [0.25, 0.3) is 0 Å². The van der Waals surface area contributed by atoms with Crippen molar-refractivity contribution in [3.05, 3.63) is 41.9 Å². The van der Waals surface area contributed by atoms with Crippen molar-refractivity contribution in [3.63, 3.8) is 0 Å². The highest BCUT2D eigenvalue weighted by atomic mass is 16.2. The minimum atomic E-state index is -0.494. The summed E-state index contributed by atoms with van der Waals surface area (Å²) in [7, 11) is 0. The number of hydrogen-bond acceptors (Lipinski definition) is 6. The van der Waals surface area contributed by atoms with Crippen LogP contribution in [0.1, 0.15) is 36.9 Å². The van der Waals surface area contributed by atoms with Crippen molar-refractivity contribution in [1.29, 1.82) is 5.41 Å². The minimum absolute atomic E-state index is 0.0649. The molecule has 2 atom stereocenters. The molecule has 3 rings (SSSR count). The van der Waals surface area contributed by atoms with Gasteiger partial charge in [-0.05, 0) is 38.0 Å². The average molecular weight is 379 g/mol. The van der Waals surface area contributed by atoms with E-state index in [1.165, 1.54) is 6.21 Å². The van der Waals surface area contributed by atoms with Gasteiger partial charge in [0.1, 0.15) is 5.82 Å². The fourth-order valence-electron chi connectivity index (χ4n) is 3.22. The third kappa shape index (κ3) is 5.20. The monoisotopic (exact) mass is 379 g/mol. The van der Waals surface area contributed by atoms with Crippen molar-refractivity contribution < 1.29 is 4.79 Å². The van der Waals surface area contributed by atoms with E-state index in [0.717, 1.165) is 37.1 Å². The molecular formula is C20H25N7O. The predicted octanol–water partition coefficient (Wildman–Crippen LogP) is 3.65. The molecule has 0 bridgehead atoms. The molecule has 0 spiro atoms. The Labute approximate surface area is 164 Å². The number of urea groups is 1. The first-order valence-corrected chi connectivity index (χ1v) is 9.36. The van der Waals surface area contributed by atoms with Crippen LogP contribution in [0, 0.1) is 18.3 Å². The number of aromatic nitrogens is 2. The highest BCUT2D eigenvalue weighted by molar-refractivity contribution is 5.96. The van der Waals surface area contributed by atoms with Crippen LogP contribution < -0.4 is 16.4 Å². The zero-order valence-electron chi connectivity index (χ0n) is 15.9. The number of carbonyl (C=O) groups excluding carboxylic acids is 1. The highest BCUT2D eigenvalue weighted by Gasteiger charge is 2.20. The molecule has 1 saturated carbocycles. The molecule has 1 aliphatic carbocycles. The first-order valence-electron chi connectivity index (χ1n) is 9.36. The molecule has 8 heteroatoms. The van der Waals surface area contributed by atoms with Crippen LogP contribution in [0.15, 0.2) is 35.6 Å². The van der Waals surface area contributed by atoms with E-state index in [-0.39, 0.29) is 12.0 Å². The normalized spacial score (nSPS) is 19.4. The Kier molecular flexibility index (Phi) is 6.44. The lowest BCUT2D eigenvalue weighted by atomic mass is 9.86. The molecule has 146 valence electrons. The van der Waals surface area contributed by atoms with Crippen molar-refractivity contribution >= 4 is 35.7 Å². The number of pyridine rings is 2. The average Bonchev–Trinajstić information content (AvgIpc) is 2.68. The topological polar surface area (TPSA) is 129 Å². The van der Waals surface area contributed by atoms with Crippen molar-refractivity contribution in [3.8, 4) is 0 Å². The number of amides is 2. The van der Waals surface area contributed by atoms with Gasteiger partial charge in [0.15, 0.2) is 0 Å². The molecule has 2 heterocycles. The second-order valence-corrected chi connectivity index (χ2v) is 6.93. The van der Waals surface area contributed by atoms with E-state index < -0.39 is 6.03 Å². The molecule has 5 N–H and O–H groups in total. The maximum Gasteiger partial charge on any atom is 0.346 e. The smallest absolute Gasteiger partial charge is 0.346 e. The number of aliphatic imine (C=N–C) groups is 1. The predicted molar refractivity (Wildman–Crippen MR) is 112 cm³/mol. The molecule has 0 saturated heterocycles. The van der Waals surface area contributed by atoms with Gasteiger partial charge in [-0.3, -0.25) is 10.3 Å². The van der Waals surface area contributed by atoms with Crippen molar-refractivity contribution in [2.75, 3.05) is 10.6 Å². The lowest BCUT2D eigenvalue weighted by Crippen LogP contribution is -2.34. The van der Waals surface area contributed by atoms with Crippen molar-refractivity contribution in [2.45, 2.75) is 38.6 Å². The van der Waals surface area contributed by atoms with Gasteiger partial charge in [0.2, 0.25) is 0 Å². The van der Waals surface area contributed by atoms with Crippen LogP contribution in [-0.4, -0.2) is 34.5 Å². The molecule has 2 aromatic rings. The lowest BCUT2D eigenvalue weighted by Gasteiger charge is -2.24. The summed E-state index contributed by atoms with van der Waals surface area (Å²) < 4.78 is 0. The van der Waals surface area contributed by atoms with Gasteiger partial charge in [0.25, 0.3) is 0 Å². The minimum Gasteiger partial charge on any atom is -0.354 e. The molecule has 0 aliphatic heterocycles. The Morgan fingerprint density at radius 1 is 1.32 bits per heavy atom. The van der Waals surface area contributed by atoms with Gasteiger partial charge >= 0.3 is 6.03 Å². The van der Waals surface area contributed by atoms with E-state index in [1.54, 1.807) is 24.7 Å². The van der Waals surface area contributed by atoms with Crippen LogP contribution in [0.5, 0.6) is 0 Å². The number of rotatable bonds is 5. The van der Waals surface area contributed by atoms with E-state index in [4.69, 9.17) is 11.1 Å². The van der Waals surface area contributed by atoms with Gasteiger partial charge in [-0.1, -0.05) is 12.8 Å². The van der Waals surface area contributed by atoms with Gasteiger partial charge in [0.05, 0.1) is 11.9 Å². The highest BCUT2D eigenvalue weighted by Crippen LogP contribution is 2.22. The van der Waals surface area contributed by atoms with E-state index >= 15 is 0 Å². The summed E-state index contributed by atoms with van der Waals surface area (Å²) in [6, 6.07) is 4.93. The molecule has 2 amide bonds. The molecule has 1 aliphatic rings. The molecule has 1 fully saturated rings. The molecular weight excluding hydrogens is 354 g/mol. The Hall–Kier alpha value is -3.13. The summed E-state index contributed by atoms with van der Waals surface area (Å²) in [6.07, 6.45) is 10.3. The largest absolute Gasteiger partial charge is 0.354 e. The SMILES string of the molecule is Cc1cc(Nc2cnc(NC(=O)N=CC3CCCC[C@@H]3N)cc2C=N)ccn1. The van der Waals surface area contributed by atoms with Gasteiger partial charge in [-0.15, -0.1) is 0 Å². The van der Waals surface area contributed by atoms with Crippen LogP contribution in [0.4, 0.5) is 22.0 Å². The molecule has 0 aromatic carbocycles. The zero-order chi connectivity index (χ0) is 19.9. The lowest BCUT2D eigenvalue weighted by molar-refractivity contribution is 0.259. The number of hydrogen-bond donors (Lipinski definition) is 4. The molecule has 0 radical (unpaired) electrons. The second kappa shape index (κ2) is 9.18. The number of nitrogens with zero attached hydrogens (tertiary/aromatic N) is 3. The fourth-order valence-corrected chi connectivity index (χ4v) is 3.22. The second-order valence-electron chi connectivity index (χ2n) is 6.93. The Balaban J connectivity index is 1.66. The summed E-state index contributed by atoms with van der Waals surface area (Å²) >= 11 is 0. The molecule has 1 unspecified atom stereocenters. The van der Waals surface area contributed by atoms with E-state index in [1.807, 2.05) is 19.1 Å². The van der Waals surface area contributed by atoms with E-state index in [9.17, 15) is 4.79 Å². The third-order valence-corrected chi connectivity index (χ3v) is 4.76. The standard InChI is InChI=1S/C20H25N7O/c1-13-8-16(6-7-23-13)26-18-12-24-19(9-15(18)10-21)27-20(28)25-11-14-4-2-3-5-17(14)22/h6-12,14,17,21H,2-5,22H2,1H3,(H,23,26)(H,24,27,28)/t14?,17-/m0/s1. The fraction of sp³-hybridized carbons (Fsp3) is 0.350. The number of nitrogens with two attached hydrogens (primary N) is 1. The first kappa shape index (κ1) is 19.6. The van der Waals surface area contributed by atoms with Crippen molar-refractivity contribution in [2.24, 2.45) is 16.6 Å². The number of carbonyl (C=O) groups is 1. The molecule has 8 nitrogen and oxygen atoms in total. The van der Waals surface area contributed by atoms with Crippen molar-refractivity contribution in [1.82, 2.24) is 9.97 Å². The summed E-state index contributed by atoms with van der Waals surface area (Å²) in [5, 5.41) is 13.5. The van der Waals surface area contributed by atoms with E-state index in [0.29, 0.717) is 17.1 Å². The Morgan fingerprint density at radius 2 is 2.14 bits per heavy atom. The first-order chi connectivity index (χ1) is 13.5. The number of aryl methyl sites for hydroxylation is 1. The molecule has 28 heavy (non-hydrogen) atoms. The van der Waals surface area contributed by atoms with Crippen LogP contribution in [0.2, 0.25) is 0 Å². The number of nitrogens with one attached hydrogen (secondary N) is 3. The van der Waals surface area contributed by atoms with Gasteiger partial charge in [-0.2, -0.15) is 0 Å². The quantitative estimate of drug-likeness (QED) is 0.589.